The Kier molecular flexibility index (Phi) is 24.7. The van der Waals surface area contributed by atoms with Gasteiger partial charge in [-0.25, -0.2) is 0 Å². The van der Waals surface area contributed by atoms with E-state index in [-0.39, 0.29) is 85.1 Å². The van der Waals surface area contributed by atoms with Crippen LogP contribution >= 0.6 is 0 Å². The topological polar surface area (TPSA) is 80.8 Å². The summed E-state index contributed by atoms with van der Waals surface area (Å²) in [5.41, 5.74) is 1.40. The number of hydrogen-bond donors (Lipinski definition) is 0. The zero-order valence-corrected chi connectivity index (χ0v) is 16.9. The Labute approximate surface area is 241 Å². The molecule has 0 aliphatic carbocycles. The van der Waals surface area contributed by atoms with Crippen molar-refractivity contribution in [1.29, 1.82) is 0 Å². The smallest absolute Gasteiger partial charge is 0.318 e. The van der Waals surface area contributed by atoms with Gasteiger partial charge in [0.2, 0.25) is 11.8 Å². The Bertz CT molecular complexity index is 990. The van der Waals surface area contributed by atoms with Crippen LogP contribution in [0.3, 0.4) is 0 Å². The minimum Gasteiger partial charge on any atom is -0.393 e. The van der Waals surface area contributed by atoms with Gasteiger partial charge in [-0.15, -0.1) is 0 Å². The molecule has 0 radical (unpaired) electrons. The average molecular weight is 550 g/mol. The first-order valence-corrected chi connectivity index (χ1v) is 10.1. The van der Waals surface area contributed by atoms with Crippen molar-refractivity contribution in [2.45, 2.75) is 93.0 Å². The van der Waals surface area contributed by atoms with Crippen LogP contribution in [0.1, 0.15) is 98.6 Å². The minimum absolute atomic E-state index is 0. The predicted octanol–water partition coefficient (Wildman–Crippen LogP) is 9.05. The van der Waals surface area contributed by atoms with Crippen molar-refractivity contribution >= 4 is 29.4 Å². The lowest BCUT2D eigenvalue weighted by atomic mass is 9.73. The third-order valence-electron chi connectivity index (χ3n) is 6.32. The molecule has 5 atom stereocenters. The summed E-state index contributed by atoms with van der Waals surface area (Å²) < 4.78 is 4.88. The molecule has 2 heterocycles. The number of imide groups is 1. The van der Waals surface area contributed by atoms with E-state index in [9.17, 15) is 19.2 Å². The summed E-state index contributed by atoms with van der Waals surface area (Å²) in [7, 11) is 0. The van der Waals surface area contributed by atoms with E-state index >= 15 is 0 Å². The lowest BCUT2D eigenvalue weighted by Crippen LogP contribution is -2.32. The second kappa shape index (κ2) is 19.7. The summed E-state index contributed by atoms with van der Waals surface area (Å²) in [5.74, 6) is -4.42. The van der Waals surface area contributed by atoms with Crippen LogP contribution in [0.25, 0.3) is 0 Å². The Morgan fingerprint density at radius 3 is 1.54 bits per heavy atom. The molecule has 2 amide bonds. The number of esters is 2. The molecule has 2 aliphatic rings. The number of carbonyl (C=O) groups is 4. The van der Waals surface area contributed by atoms with Gasteiger partial charge in [-0.3, -0.25) is 24.1 Å². The number of para-hydroxylation sites is 1. The molecule has 0 spiro atoms. The fraction of sp³-hybridized carbons (Fsp3) is 0.515. The Morgan fingerprint density at radius 2 is 1.10 bits per heavy atom. The van der Waals surface area contributed by atoms with Crippen LogP contribution in [-0.4, -0.2) is 23.8 Å². The molecule has 0 saturated carbocycles. The molecule has 2 fully saturated rings. The van der Waals surface area contributed by atoms with Crippen molar-refractivity contribution in [3.8, 4) is 0 Å². The van der Waals surface area contributed by atoms with Crippen LogP contribution in [0, 0.1) is 23.7 Å². The van der Waals surface area contributed by atoms with E-state index in [4.69, 9.17) is 4.74 Å². The number of cyclic esters (lactones) is 2. The quantitative estimate of drug-likeness (QED) is 0.211. The molecule has 0 bridgehead atoms. The largest absolute Gasteiger partial charge is 0.393 e. The van der Waals surface area contributed by atoms with E-state index < -0.39 is 41.5 Å². The molecule has 6 nitrogen and oxygen atoms in total. The Hall–Kier alpha value is -3.28. The molecule has 0 aromatic heterocycles. The average Bonchev–Trinajstić information content (AvgIpc) is 3.13. The highest BCUT2D eigenvalue weighted by molar-refractivity contribution is 6.21. The molecule has 4 rings (SSSR count). The molecular formula is C33H59NO5. The maximum atomic E-state index is 13.3. The molecule has 5 unspecified atom stereocenters. The summed E-state index contributed by atoms with van der Waals surface area (Å²) in [4.78, 5) is 51.9. The van der Waals surface area contributed by atoms with E-state index in [0.717, 1.165) is 5.56 Å². The number of benzene rings is 2. The van der Waals surface area contributed by atoms with Crippen LogP contribution in [0.4, 0.5) is 5.69 Å². The summed E-state index contributed by atoms with van der Waals surface area (Å²) in [6, 6.07) is 18.2. The number of amides is 2. The van der Waals surface area contributed by atoms with Gasteiger partial charge in [-0.2, -0.15) is 0 Å². The van der Waals surface area contributed by atoms with Crippen molar-refractivity contribution in [3.05, 3.63) is 66.2 Å². The number of nitrogens with zero attached hydrogens (tertiary/aromatic N) is 1. The number of ether oxygens (including phenoxy) is 1. The molecule has 226 valence electrons. The van der Waals surface area contributed by atoms with Crippen LogP contribution in [-0.2, 0) is 23.9 Å². The van der Waals surface area contributed by atoms with Crippen LogP contribution in [0.2, 0.25) is 0 Å². The lowest BCUT2D eigenvalue weighted by Gasteiger charge is -2.26. The third-order valence-corrected chi connectivity index (χ3v) is 6.32. The van der Waals surface area contributed by atoms with E-state index in [1.54, 1.807) is 38.1 Å². The van der Waals surface area contributed by atoms with Gasteiger partial charge in [0, 0.05) is 5.92 Å². The first kappa shape index (κ1) is 48.7. The summed E-state index contributed by atoms with van der Waals surface area (Å²) >= 11 is 0. The Morgan fingerprint density at radius 1 is 0.641 bits per heavy atom. The maximum Gasteiger partial charge on any atom is 0.318 e. The number of carbonyl (C=O) groups excluding carboxylic acids is 4. The van der Waals surface area contributed by atoms with Crippen molar-refractivity contribution in [3.63, 3.8) is 0 Å². The highest BCUT2D eigenvalue weighted by Crippen LogP contribution is 2.44. The third kappa shape index (κ3) is 8.87. The van der Waals surface area contributed by atoms with Crippen molar-refractivity contribution in [2.75, 3.05) is 4.90 Å². The van der Waals surface area contributed by atoms with Gasteiger partial charge in [-0.1, -0.05) is 129 Å². The van der Waals surface area contributed by atoms with Gasteiger partial charge < -0.3 is 4.74 Å². The van der Waals surface area contributed by atoms with Gasteiger partial charge in [-0.05, 0) is 30.0 Å². The molecule has 6 heteroatoms. The van der Waals surface area contributed by atoms with E-state index in [2.05, 4.69) is 0 Å². The van der Waals surface area contributed by atoms with E-state index in [0.29, 0.717) is 5.69 Å². The van der Waals surface area contributed by atoms with Crippen molar-refractivity contribution in [2.24, 2.45) is 23.7 Å². The minimum atomic E-state index is -0.680. The monoisotopic (exact) mass is 549 g/mol. The summed E-state index contributed by atoms with van der Waals surface area (Å²) in [6.45, 7) is 3.42. The SMILES string of the molecule is C.C.C.C.C.C.C.C.C.CC1C(=O)N(c2ccccc2)C(=O)C1CC(c1ccccc1)C1C(=O)OC(=O)C1C. The standard InChI is InChI=1S/C24H23NO5.9CH4/c1-14-18(22(27)25(21(14)26)17-11-7-4-8-12-17)13-19(16-9-5-3-6-10-16)20-15(2)23(28)30-24(20)29;;;;;;;;;/h3-12,14-15,18-20H,13H2,1-2H3;9*1H4. The van der Waals surface area contributed by atoms with Crippen molar-refractivity contribution < 1.29 is 23.9 Å². The first-order chi connectivity index (χ1) is 14.4. The van der Waals surface area contributed by atoms with Gasteiger partial charge in [0.15, 0.2) is 0 Å². The molecule has 0 N–H and O–H groups in total. The zero-order chi connectivity index (χ0) is 21.4. The summed E-state index contributed by atoms with van der Waals surface area (Å²) in [5, 5.41) is 0. The van der Waals surface area contributed by atoms with E-state index in [1.807, 2.05) is 36.4 Å². The van der Waals surface area contributed by atoms with Gasteiger partial charge >= 0.3 is 11.9 Å². The number of rotatable bonds is 5. The molecule has 2 saturated heterocycles. The van der Waals surface area contributed by atoms with Gasteiger partial charge in [0.25, 0.3) is 0 Å². The fourth-order valence-corrected chi connectivity index (χ4v) is 4.59. The second-order valence-electron chi connectivity index (χ2n) is 8.05. The van der Waals surface area contributed by atoms with Crippen molar-refractivity contribution in [1.82, 2.24) is 0 Å². The van der Waals surface area contributed by atoms with Gasteiger partial charge in [0.05, 0.1) is 23.4 Å². The number of hydrogen-bond acceptors (Lipinski definition) is 5. The van der Waals surface area contributed by atoms with Crippen LogP contribution in [0.15, 0.2) is 60.7 Å². The lowest BCUT2D eigenvalue weighted by molar-refractivity contribution is -0.154. The van der Waals surface area contributed by atoms with Crippen LogP contribution in [0.5, 0.6) is 0 Å². The van der Waals surface area contributed by atoms with E-state index in [1.165, 1.54) is 4.90 Å². The highest BCUT2D eigenvalue weighted by Gasteiger charge is 2.51. The summed E-state index contributed by atoms with van der Waals surface area (Å²) in [6.07, 6.45) is 0.288. The predicted molar refractivity (Wildman–Crippen MR) is 170 cm³/mol. The molecule has 2 aromatic carbocycles. The fourth-order valence-electron chi connectivity index (χ4n) is 4.59. The highest BCUT2D eigenvalue weighted by atomic mass is 16.6. The number of anilines is 1. The zero-order valence-electron chi connectivity index (χ0n) is 16.9. The Balaban J connectivity index is -0.000000302. The molecule has 2 aliphatic heterocycles. The normalized spacial score (nSPS) is 21.1. The maximum absolute atomic E-state index is 13.3. The molecule has 39 heavy (non-hydrogen) atoms. The molecule has 2 aromatic rings. The first-order valence-electron chi connectivity index (χ1n) is 10.1. The van der Waals surface area contributed by atoms with Gasteiger partial charge in [0.1, 0.15) is 0 Å². The molecular weight excluding hydrogens is 490 g/mol. The van der Waals surface area contributed by atoms with Crippen LogP contribution < -0.4 is 4.90 Å². The second-order valence-corrected chi connectivity index (χ2v) is 8.05.